The number of hydrogen-bond acceptors (Lipinski definition) is 11. The van der Waals surface area contributed by atoms with Gasteiger partial charge in [-0.15, -0.1) is 0 Å². The molecule has 2 fully saturated rings. The molecule has 3 aliphatic rings. The lowest BCUT2D eigenvalue weighted by molar-refractivity contribution is -0.385. The summed E-state index contributed by atoms with van der Waals surface area (Å²) in [4.78, 5) is 40.8. The lowest BCUT2D eigenvalue weighted by Crippen LogP contribution is -2.47. The molecule has 1 amide bonds. The Bertz CT molecular complexity index is 2800. The maximum atomic E-state index is 14.2. The molecule has 2 saturated heterocycles. The summed E-state index contributed by atoms with van der Waals surface area (Å²) in [5.74, 6) is -0.888. The van der Waals surface area contributed by atoms with Gasteiger partial charge in [-0.05, 0) is 104 Å². The standard InChI is InChI=1S/C48H56ClFN7O6PS2/c1-48(2)16-14-36(43(29-48)33-4-8-37(49)9-5-33)32-54-18-20-55(21-19-54)38-11-13-42(45(27-38)65-40-26-35-15-17-51-46(35)52-31-40)47(58)53-66(62,63)41-12-7-34(44(28-41)57(59)60)6-10-39(30-50)56-22-24-64(3,61)25-23-56/h4-5,7-9,11-13,15,17,26-28,31,39H,6,10,14,16,18-25,29-30,32H2,1-3H3,(H,51,52)(H,53,58). The topological polar surface area (TPSA) is 162 Å². The minimum absolute atomic E-state index is 0.113. The molecule has 350 valence electrons. The van der Waals surface area contributed by atoms with Crippen LogP contribution in [0.3, 0.4) is 0 Å². The fourth-order valence-electron chi connectivity index (χ4n) is 9.26. The number of nitrogens with one attached hydrogen (secondary N) is 2. The summed E-state index contributed by atoms with van der Waals surface area (Å²) >= 11 is 7.54. The van der Waals surface area contributed by atoms with Gasteiger partial charge in [0.2, 0.25) is 0 Å². The van der Waals surface area contributed by atoms with Gasteiger partial charge >= 0.3 is 0 Å². The number of hydrogen-bond donors (Lipinski definition) is 2. The maximum Gasteiger partial charge on any atom is 0.273 e. The molecule has 1 aliphatic carbocycles. The highest BCUT2D eigenvalue weighted by atomic mass is 35.5. The Kier molecular flexibility index (Phi) is 14.5. The van der Waals surface area contributed by atoms with E-state index in [4.69, 9.17) is 11.6 Å². The number of carbonyl (C=O) groups excluding carboxylic acids is 1. The molecule has 3 aromatic carbocycles. The summed E-state index contributed by atoms with van der Waals surface area (Å²) in [6, 6.07) is 20.4. The zero-order valence-electron chi connectivity index (χ0n) is 37.5. The van der Waals surface area contributed by atoms with Crippen molar-refractivity contribution in [3.8, 4) is 0 Å². The van der Waals surface area contributed by atoms with E-state index in [1.54, 1.807) is 25.1 Å². The highest BCUT2D eigenvalue weighted by Gasteiger charge is 2.32. The van der Waals surface area contributed by atoms with Crippen molar-refractivity contribution in [2.24, 2.45) is 5.41 Å². The van der Waals surface area contributed by atoms with Crippen LogP contribution in [0.4, 0.5) is 15.8 Å². The number of pyridine rings is 1. The molecule has 4 heterocycles. The van der Waals surface area contributed by atoms with Gasteiger partial charge in [-0.2, -0.15) is 0 Å². The number of aromatic nitrogens is 2. The van der Waals surface area contributed by atoms with Gasteiger partial charge in [-0.25, -0.2) is 22.5 Å². The molecule has 66 heavy (non-hydrogen) atoms. The first-order valence-corrected chi connectivity index (χ1v) is 27.6. The van der Waals surface area contributed by atoms with Crippen molar-refractivity contribution in [1.29, 1.82) is 0 Å². The third-order valence-corrected chi connectivity index (χ3v) is 18.2. The lowest BCUT2D eigenvalue weighted by atomic mass is 9.72. The Labute approximate surface area is 395 Å². The number of allylic oxidation sites excluding steroid dienone is 1. The van der Waals surface area contributed by atoms with E-state index in [0.717, 1.165) is 79.0 Å². The van der Waals surface area contributed by atoms with Gasteiger partial charge in [0.25, 0.3) is 21.6 Å². The second-order valence-electron chi connectivity index (χ2n) is 18.7. The molecule has 0 spiro atoms. The van der Waals surface area contributed by atoms with Gasteiger partial charge < -0.3 is 14.4 Å². The van der Waals surface area contributed by atoms with E-state index in [0.29, 0.717) is 36.0 Å². The molecule has 13 nitrogen and oxygen atoms in total. The highest BCUT2D eigenvalue weighted by molar-refractivity contribution is 7.99. The van der Waals surface area contributed by atoms with Gasteiger partial charge in [0.1, 0.15) is 12.3 Å². The smallest absolute Gasteiger partial charge is 0.273 e. The van der Waals surface area contributed by atoms with Crippen LogP contribution in [-0.4, -0.2) is 117 Å². The van der Waals surface area contributed by atoms with E-state index in [2.05, 4.69) is 50.5 Å². The number of H-pyrrole nitrogens is 1. The molecule has 2 aromatic heterocycles. The Balaban J connectivity index is 0.989. The Morgan fingerprint density at radius 3 is 2.48 bits per heavy atom. The maximum absolute atomic E-state index is 14.2. The fraction of sp³-hybridized carbons (Fsp3) is 0.417. The number of alkyl halides is 1. The van der Waals surface area contributed by atoms with Crippen LogP contribution < -0.4 is 9.62 Å². The second kappa shape index (κ2) is 20.0. The number of nitro groups is 1. The number of aromatic amines is 1. The van der Waals surface area contributed by atoms with Crippen LogP contribution in [0.2, 0.25) is 5.02 Å². The summed E-state index contributed by atoms with van der Waals surface area (Å²) < 4.78 is 56.5. The molecular formula is C48H56ClFN7O6PS2. The fourth-order valence-corrected chi connectivity index (χ4v) is 12.9. The van der Waals surface area contributed by atoms with Gasteiger partial charge in [-0.1, -0.05) is 61.0 Å². The predicted octanol–water partition coefficient (Wildman–Crippen LogP) is 9.76. The van der Waals surface area contributed by atoms with Gasteiger partial charge in [0.05, 0.1) is 22.5 Å². The number of benzene rings is 3. The monoisotopic (exact) mass is 975 g/mol. The van der Waals surface area contributed by atoms with E-state index < -0.39 is 51.3 Å². The summed E-state index contributed by atoms with van der Waals surface area (Å²) in [7, 11) is -6.81. The van der Waals surface area contributed by atoms with E-state index in [-0.39, 0.29) is 29.4 Å². The predicted molar refractivity (Wildman–Crippen MR) is 262 cm³/mol. The number of piperazine rings is 1. The van der Waals surface area contributed by atoms with Crippen molar-refractivity contribution in [3.63, 3.8) is 0 Å². The number of sulfonamides is 1. The molecule has 8 rings (SSSR count). The Hall–Kier alpha value is -4.57. The molecule has 5 aromatic rings. The quantitative estimate of drug-likeness (QED) is 0.0584. The average molecular weight is 977 g/mol. The first-order chi connectivity index (χ1) is 31.5. The molecule has 18 heteroatoms. The minimum atomic E-state index is -4.58. The lowest BCUT2D eigenvalue weighted by Gasteiger charge is -2.39. The van der Waals surface area contributed by atoms with Crippen LogP contribution in [-0.2, 0) is 21.0 Å². The molecule has 1 unspecified atom stereocenters. The number of aryl methyl sites for hydroxylation is 1. The van der Waals surface area contributed by atoms with Crippen LogP contribution in [0.5, 0.6) is 0 Å². The van der Waals surface area contributed by atoms with Crippen molar-refractivity contribution in [3.05, 3.63) is 123 Å². The van der Waals surface area contributed by atoms with Crippen molar-refractivity contribution in [2.75, 3.05) is 76.4 Å². The zero-order valence-corrected chi connectivity index (χ0v) is 40.8. The summed E-state index contributed by atoms with van der Waals surface area (Å²) in [6.45, 7) is 10.8. The summed E-state index contributed by atoms with van der Waals surface area (Å²) in [5, 5.41) is 13.9. The molecule has 2 N–H and O–H groups in total. The first kappa shape index (κ1) is 47.9. The van der Waals surface area contributed by atoms with Crippen LogP contribution in [0.15, 0.2) is 105 Å². The molecular weight excluding hydrogens is 920 g/mol. The average Bonchev–Trinajstić information content (AvgIpc) is 3.76. The van der Waals surface area contributed by atoms with Gasteiger partial charge in [-0.3, -0.25) is 24.7 Å². The number of nitrogens with zero attached hydrogens (tertiary/aromatic N) is 5. The largest absolute Gasteiger partial charge is 0.369 e. The summed E-state index contributed by atoms with van der Waals surface area (Å²) in [6.07, 6.45) is 8.06. The van der Waals surface area contributed by atoms with Crippen LogP contribution >= 0.6 is 30.5 Å². The molecule has 1 atom stereocenters. The van der Waals surface area contributed by atoms with Gasteiger partial charge in [0, 0.05) is 114 Å². The molecule has 2 aliphatic heterocycles. The SMILES string of the molecule is CC1(C)CCC(CN2CCN(c3ccc(C(=O)NS(=O)(=O)c4ccc(CCC(CF)N5CCP(C)(=O)CC5)c([N+](=O)[O-])c4)c(Sc4cnc5[nH]ccc5c4)c3)CC2)=C(c2ccc(Cl)cc2)C1. The minimum Gasteiger partial charge on any atom is -0.369 e. The first-order valence-electron chi connectivity index (χ1n) is 22.4. The molecule has 0 bridgehead atoms. The number of halogens is 2. The third-order valence-electron chi connectivity index (χ3n) is 13.3. The zero-order chi connectivity index (χ0) is 46.8. The van der Waals surface area contributed by atoms with E-state index in [1.807, 2.05) is 41.3 Å². The van der Waals surface area contributed by atoms with E-state index in [1.165, 1.54) is 40.6 Å². The Morgan fingerprint density at radius 2 is 1.77 bits per heavy atom. The van der Waals surface area contributed by atoms with Crippen LogP contribution in [0.1, 0.15) is 61.0 Å². The van der Waals surface area contributed by atoms with Crippen LogP contribution in [0.25, 0.3) is 16.6 Å². The third kappa shape index (κ3) is 11.4. The molecule has 0 radical (unpaired) electrons. The number of fused-ring (bicyclic) bond motifs is 1. The number of amides is 1. The number of nitro benzene ring substituents is 1. The van der Waals surface area contributed by atoms with Crippen molar-refractivity contribution in [2.45, 2.75) is 66.7 Å². The second-order valence-corrected chi connectivity index (χ2v) is 25.4. The normalized spacial score (nSPS) is 18.7. The van der Waals surface area contributed by atoms with Crippen LogP contribution in [0, 0.1) is 15.5 Å². The van der Waals surface area contributed by atoms with Crippen molar-refractivity contribution >= 4 is 74.4 Å². The van der Waals surface area contributed by atoms with Gasteiger partial charge in [0.15, 0.2) is 0 Å². The Morgan fingerprint density at radius 1 is 1.03 bits per heavy atom. The summed E-state index contributed by atoms with van der Waals surface area (Å²) in [5.41, 5.74) is 5.86. The number of anilines is 1. The number of rotatable bonds is 15. The number of carbonyl (C=O) groups is 1. The molecule has 0 saturated carbocycles. The van der Waals surface area contributed by atoms with E-state index >= 15 is 0 Å². The van der Waals surface area contributed by atoms with E-state index in [9.17, 15) is 32.3 Å². The highest BCUT2D eigenvalue weighted by Crippen LogP contribution is 2.45. The van der Waals surface area contributed by atoms with Crippen molar-refractivity contribution < 1.29 is 27.1 Å². The van der Waals surface area contributed by atoms with Crippen molar-refractivity contribution in [1.82, 2.24) is 24.5 Å².